The molecule has 0 saturated heterocycles. The minimum absolute atomic E-state index is 0.499. The molecule has 40 heavy (non-hydrogen) atoms. The van der Waals surface area contributed by atoms with Crippen molar-refractivity contribution >= 4 is 40.3 Å². The quantitative estimate of drug-likeness (QED) is 0.117. The first-order valence-electron chi connectivity index (χ1n) is 13.4. The lowest BCUT2D eigenvalue weighted by Gasteiger charge is -2.37. The van der Waals surface area contributed by atoms with E-state index in [1.165, 1.54) is 5.56 Å². The summed E-state index contributed by atoms with van der Waals surface area (Å²) in [6.45, 7) is 13.3. The number of hydrogen-bond donors (Lipinski definition) is 1. The smallest absolute Gasteiger partial charge is 0.135 e. The van der Waals surface area contributed by atoms with Crippen LogP contribution in [0.5, 0.6) is 0 Å². The molecule has 0 spiro atoms. The van der Waals surface area contributed by atoms with Crippen LogP contribution in [0.4, 0.5) is 5.69 Å². The molecule has 2 heterocycles. The summed E-state index contributed by atoms with van der Waals surface area (Å²) >= 11 is 0. The van der Waals surface area contributed by atoms with Crippen molar-refractivity contribution < 1.29 is 4.42 Å². The number of furan rings is 1. The Balaban J connectivity index is 0.000000374. The molecule has 0 fully saturated rings. The molecule has 4 heteroatoms. The Bertz CT molecular complexity index is 1550. The minimum Gasteiger partial charge on any atom is -0.456 e. The third-order valence-corrected chi connectivity index (χ3v) is 6.14. The second kappa shape index (κ2) is 14.9. The molecule has 3 aromatic carbocycles. The molecule has 0 aliphatic carbocycles. The number of rotatable bonds is 6. The number of aryl methyl sites for hydroxylation is 1. The summed E-state index contributed by atoms with van der Waals surface area (Å²) < 4.78 is 5.94. The summed E-state index contributed by atoms with van der Waals surface area (Å²) in [5, 5.41) is 1.07. The summed E-state index contributed by atoms with van der Waals surface area (Å²) in [6.07, 6.45) is 14.3. The van der Waals surface area contributed by atoms with Crippen molar-refractivity contribution in [1.29, 1.82) is 0 Å². The van der Waals surface area contributed by atoms with Gasteiger partial charge >= 0.3 is 0 Å². The predicted molar refractivity (Wildman–Crippen MR) is 175 cm³/mol. The normalized spacial score (nSPS) is 13.3. The molecule has 0 atom stereocenters. The third-order valence-electron chi connectivity index (χ3n) is 6.14. The van der Waals surface area contributed by atoms with E-state index < -0.39 is 0 Å². The first-order chi connectivity index (χ1) is 19.5. The number of amidine groups is 1. The van der Waals surface area contributed by atoms with Gasteiger partial charge in [0.15, 0.2) is 0 Å². The van der Waals surface area contributed by atoms with Gasteiger partial charge in [0, 0.05) is 35.3 Å². The molecule has 0 unspecified atom stereocenters. The molecule has 0 radical (unpaired) electrons. The number of hydrogen-bond acceptors (Lipinski definition) is 3. The topological polar surface area (TPSA) is 54.8 Å². The molecule has 0 amide bonds. The molecule has 2 N–H and O–H groups in total. The van der Waals surface area contributed by atoms with E-state index >= 15 is 0 Å². The van der Waals surface area contributed by atoms with Gasteiger partial charge in [-0.1, -0.05) is 98.0 Å². The Morgan fingerprint density at radius 1 is 0.975 bits per heavy atom. The van der Waals surface area contributed by atoms with Crippen LogP contribution in [0.25, 0.3) is 28.8 Å². The molecular formula is C36H39N3O. The van der Waals surface area contributed by atoms with Crippen molar-refractivity contribution in [2.75, 3.05) is 11.9 Å². The highest BCUT2D eigenvalue weighted by molar-refractivity contribution is 6.14. The van der Waals surface area contributed by atoms with E-state index in [1.54, 1.807) is 18.4 Å². The molecule has 1 aliphatic heterocycles. The molecule has 204 valence electrons. The second-order valence-electron chi connectivity index (χ2n) is 9.13. The highest BCUT2D eigenvalue weighted by Crippen LogP contribution is 2.45. The fourth-order valence-corrected chi connectivity index (χ4v) is 4.25. The number of fused-ring (bicyclic) bond motifs is 2. The Morgan fingerprint density at radius 2 is 1.68 bits per heavy atom. The summed E-state index contributed by atoms with van der Waals surface area (Å²) in [5.41, 5.74) is 13.7. The number of para-hydroxylation sites is 2. The van der Waals surface area contributed by atoms with Crippen LogP contribution in [0.2, 0.25) is 0 Å². The van der Waals surface area contributed by atoms with E-state index in [2.05, 4.69) is 73.3 Å². The predicted octanol–water partition coefficient (Wildman–Crippen LogP) is 9.40. The van der Waals surface area contributed by atoms with Crippen molar-refractivity contribution in [1.82, 2.24) is 0 Å². The summed E-state index contributed by atoms with van der Waals surface area (Å²) in [7, 11) is 2.04. The average Bonchev–Trinajstić information content (AvgIpc) is 3.33. The lowest BCUT2D eigenvalue weighted by atomic mass is 9.92. The van der Waals surface area contributed by atoms with Gasteiger partial charge in [0.25, 0.3) is 0 Å². The van der Waals surface area contributed by atoms with Crippen molar-refractivity contribution in [3.05, 3.63) is 144 Å². The molecular weight excluding hydrogens is 490 g/mol. The van der Waals surface area contributed by atoms with Crippen molar-refractivity contribution in [2.45, 2.75) is 27.2 Å². The van der Waals surface area contributed by atoms with E-state index in [0.29, 0.717) is 5.84 Å². The van der Waals surface area contributed by atoms with Gasteiger partial charge in [-0.25, -0.2) is 4.99 Å². The number of anilines is 1. The van der Waals surface area contributed by atoms with Gasteiger partial charge in [0.2, 0.25) is 0 Å². The molecule has 5 rings (SSSR count). The van der Waals surface area contributed by atoms with Crippen LogP contribution in [0, 0.1) is 6.92 Å². The van der Waals surface area contributed by atoms with Crippen molar-refractivity contribution in [2.24, 2.45) is 10.7 Å². The molecule has 4 nitrogen and oxygen atoms in total. The molecule has 0 saturated carbocycles. The summed E-state index contributed by atoms with van der Waals surface area (Å²) in [6, 6.07) is 24.4. The van der Waals surface area contributed by atoms with Crippen LogP contribution in [0.1, 0.15) is 48.3 Å². The molecule has 4 aromatic rings. The van der Waals surface area contributed by atoms with E-state index in [0.717, 1.165) is 51.2 Å². The zero-order valence-corrected chi connectivity index (χ0v) is 24.0. The van der Waals surface area contributed by atoms with Gasteiger partial charge in [-0.3, -0.25) is 0 Å². The zero-order chi connectivity index (χ0) is 28.9. The van der Waals surface area contributed by atoms with Crippen LogP contribution >= 0.6 is 0 Å². The highest BCUT2D eigenvalue weighted by atomic mass is 16.3. The van der Waals surface area contributed by atoms with Crippen molar-refractivity contribution in [3.63, 3.8) is 0 Å². The number of benzene rings is 3. The minimum atomic E-state index is 0.499. The second-order valence-corrected chi connectivity index (χ2v) is 9.13. The van der Waals surface area contributed by atoms with Gasteiger partial charge in [-0.15, -0.1) is 6.58 Å². The summed E-state index contributed by atoms with van der Waals surface area (Å²) in [5.74, 6) is 1.27. The molecule has 1 aromatic heterocycles. The van der Waals surface area contributed by atoms with Gasteiger partial charge in [0.1, 0.15) is 17.2 Å². The monoisotopic (exact) mass is 529 g/mol. The standard InChI is InChI=1S/C26H25N3O.C7H8.C3H6/c1-4-6-7-10-16-28-26(27)20-14-11-13-19-22(29(3)25(19)20)17-21-18-12-8-9-15-24(18)30-23(21)5-2;1-7-5-3-2-4-6-7;1-3-2/h5-17H,2,4H2,1,3H3,(H2,27,28);2-6H,1H3;3H,1H2,2H3/b7-6-,16-10-,22-17-;;. The molecule has 0 bridgehead atoms. The van der Waals surface area contributed by atoms with Crippen LogP contribution in [-0.2, 0) is 0 Å². The Morgan fingerprint density at radius 3 is 2.33 bits per heavy atom. The number of aliphatic imine (C=N–C) groups is 1. The largest absolute Gasteiger partial charge is 0.456 e. The zero-order valence-electron chi connectivity index (χ0n) is 24.0. The SMILES string of the molecule is C=CC.C=Cc1oc2ccccc2c1/C=C1/c2cccc(C(N)=N/C=C\C=C/CC)c2N1C.Cc1ccccc1. The fraction of sp³-hybridized carbons (Fsp3) is 0.139. The van der Waals surface area contributed by atoms with E-state index in [9.17, 15) is 0 Å². The Hall–Kier alpha value is -4.83. The lowest BCUT2D eigenvalue weighted by molar-refractivity contribution is 0.603. The first kappa shape index (κ1) is 29.7. The van der Waals surface area contributed by atoms with E-state index in [-0.39, 0.29) is 0 Å². The van der Waals surface area contributed by atoms with Crippen molar-refractivity contribution in [3.8, 4) is 0 Å². The van der Waals surface area contributed by atoms with Gasteiger partial charge in [-0.05, 0) is 50.6 Å². The maximum Gasteiger partial charge on any atom is 0.135 e. The van der Waals surface area contributed by atoms with Gasteiger partial charge in [-0.2, -0.15) is 0 Å². The van der Waals surface area contributed by atoms with Crippen LogP contribution in [0.15, 0.2) is 126 Å². The van der Waals surface area contributed by atoms with Crippen LogP contribution in [0.3, 0.4) is 0 Å². The Labute approximate surface area is 238 Å². The van der Waals surface area contributed by atoms with Crippen LogP contribution < -0.4 is 10.6 Å². The van der Waals surface area contributed by atoms with Crippen LogP contribution in [-0.4, -0.2) is 12.9 Å². The number of allylic oxidation sites excluding steroid dienone is 4. The fourth-order valence-electron chi connectivity index (χ4n) is 4.25. The van der Waals surface area contributed by atoms with Gasteiger partial charge in [0.05, 0.1) is 11.4 Å². The lowest BCUT2D eigenvalue weighted by Crippen LogP contribution is -2.30. The maximum absolute atomic E-state index is 6.28. The van der Waals surface area contributed by atoms with E-state index in [1.807, 2.05) is 74.7 Å². The summed E-state index contributed by atoms with van der Waals surface area (Å²) in [4.78, 5) is 6.54. The van der Waals surface area contributed by atoms with Gasteiger partial charge < -0.3 is 15.1 Å². The Kier molecular flexibility index (Phi) is 11.1. The van der Waals surface area contributed by atoms with E-state index in [4.69, 9.17) is 10.2 Å². The number of nitrogens with zero attached hydrogens (tertiary/aromatic N) is 2. The number of nitrogens with two attached hydrogens (primary N) is 1. The first-order valence-corrected chi connectivity index (χ1v) is 13.4. The maximum atomic E-state index is 6.28. The average molecular weight is 530 g/mol. The highest BCUT2D eigenvalue weighted by Gasteiger charge is 2.30. The third kappa shape index (κ3) is 7.17. The molecule has 1 aliphatic rings.